The normalized spacial score (nSPS) is 10.3. The molecule has 5 nitrogen and oxygen atoms in total. The molecule has 0 amide bonds. The highest BCUT2D eigenvalue weighted by Gasteiger charge is 1.96. The Labute approximate surface area is 105 Å². The van der Waals surface area contributed by atoms with E-state index in [1.54, 1.807) is 12.1 Å². The minimum absolute atomic E-state index is 0.104. The van der Waals surface area contributed by atoms with Crippen molar-refractivity contribution in [3.63, 3.8) is 0 Å². The lowest BCUT2D eigenvalue weighted by Crippen LogP contribution is -2.11. The molecule has 0 aliphatic carbocycles. The van der Waals surface area contributed by atoms with Crippen LogP contribution in [0.15, 0.2) is 18.3 Å². The van der Waals surface area contributed by atoms with Crippen LogP contribution in [0.1, 0.15) is 10.4 Å². The number of pyridine rings is 1. The molecule has 100 valence electrons. The molecule has 6 heteroatoms. The van der Waals surface area contributed by atoms with Crippen LogP contribution in [0.25, 0.3) is 0 Å². The first-order chi connectivity index (χ1) is 8.86. The molecule has 1 aromatic rings. The average molecular weight is 256 g/mol. The lowest BCUT2D eigenvalue weighted by Gasteiger charge is -2.06. The zero-order valence-corrected chi connectivity index (χ0v) is 10.0. The molecule has 0 bridgehead atoms. The molecule has 1 rings (SSSR count). The molecule has 1 aromatic heterocycles. The van der Waals surface area contributed by atoms with E-state index in [4.69, 9.17) is 14.2 Å². The maximum absolute atomic E-state index is 11.7. The van der Waals surface area contributed by atoms with Gasteiger partial charge in [0.1, 0.15) is 13.3 Å². The number of ether oxygens (including phenoxy) is 3. The van der Waals surface area contributed by atoms with Crippen molar-refractivity contribution in [2.75, 3.05) is 39.7 Å². The fourth-order valence-corrected chi connectivity index (χ4v) is 1.13. The number of aromatic nitrogens is 1. The maximum Gasteiger partial charge on any atom is 0.213 e. The number of carbonyl (C=O) groups excluding carboxylic acids is 1. The first-order valence-corrected chi connectivity index (χ1v) is 5.62. The summed E-state index contributed by atoms with van der Waals surface area (Å²) in [6.07, 6.45) is 2.16. The molecule has 18 heavy (non-hydrogen) atoms. The van der Waals surface area contributed by atoms with Gasteiger partial charge in [0.25, 0.3) is 0 Å². The van der Waals surface area contributed by atoms with Crippen LogP contribution in [-0.2, 0) is 9.47 Å². The number of hydrogen-bond acceptors (Lipinski definition) is 5. The van der Waals surface area contributed by atoms with Crippen LogP contribution < -0.4 is 4.74 Å². The van der Waals surface area contributed by atoms with Crippen LogP contribution in [0.4, 0.5) is 4.39 Å². The van der Waals surface area contributed by atoms with E-state index in [2.05, 4.69) is 4.98 Å². The molecule has 0 aliphatic heterocycles. The van der Waals surface area contributed by atoms with Crippen molar-refractivity contribution in [1.82, 2.24) is 4.98 Å². The quantitative estimate of drug-likeness (QED) is 0.466. The van der Waals surface area contributed by atoms with Gasteiger partial charge in [-0.25, -0.2) is 9.37 Å². The summed E-state index contributed by atoms with van der Waals surface area (Å²) in [6, 6.07) is 3.25. The van der Waals surface area contributed by atoms with Gasteiger partial charge in [0.15, 0.2) is 6.29 Å². The second kappa shape index (κ2) is 9.49. The molecule has 0 spiro atoms. The molecule has 0 N–H and O–H groups in total. The molecule has 0 fully saturated rings. The Bertz CT molecular complexity index is 331. The first-order valence-electron chi connectivity index (χ1n) is 5.62. The summed E-state index contributed by atoms with van der Waals surface area (Å²) in [7, 11) is 0. The molecule has 0 aromatic carbocycles. The van der Waals surface area contributed by atoms with Crippen LogP contribution in [0.3, 0.4) is 0 Å². The number of aldehydes is 1. The Kier molecular flexibility index (Phi) is 7.66. The van der Waals surface area contributed by atoms with E-state index in [0.717, 1.165) is 6.29 Å². The SMILES string of the molecule is O=Cc1ccc(OCCOCCOCC[18F])nc1. The number of rotatable bonds is 10. The fourth-order valence-electron chi connectivity index (χ4n) is 1.13. The number of alkyl halides is 1. The van der Waals surface area contributed by atoms with Gasteiger partial charge in [-0.3, -0.25) is 4.79 Å². The van der Waals surface area contributed by atoms with E-state index in [1.807, 2.05) is 0 Å². The number of nitrogens with zero attached hydrogens (tertiary/aromatic N) is 1. The third-order valence-electron chi connectivity index (χ3n) is 1.97. The molecule has 0 saturated carbocycles. The number of halogens is 1. The lowest BCUT2D eigenvalue weighted by molar-refractivity contribution is 0.0320. The van der Waals surface area contributed by atoms with Crippen molar-refractivity contribution in [3.05, 3.63) is 23.9 Å². The Hall–Kier alpha value is -1.53. The van der Waals surface area contributed by atoms with Crippen molar-refractivity contribution in [2.45, 2.75) is 0 Å². The third-order valence-corrected chi connectivity index (χ3v) is 1.97. The van der Waals surface area contributed by atoms with Crippen molar-refractivity contribution >= 4 is 6.29 Å². The molecular weight excluding hydrogens is 240 g/mol. The van der Waals surface area contributed by atoms with E-state index in [0.29, 0.717) is 37.9 Å². The summed E-state index contributed by atoms with van der Waals surface area (Å²) < 4.78 is 27.0. The monoisotopic (exact) mass is 256 g/mol. The van der Waals surface area contributed by atoms with Crippen LogP contribution in [-0.4, -0.2) is 51.0 Å². The smallest absolute Gasteiger partial charge is 0.213 e. The molecule has 1 heterocycles. The highest BCUT2D eigenvalue weighted by molar-refractivity contribution is 5.73. The van der Waals surface area contributed by atoms with Crippen LogP contribution in [0.5, 0.6) is 5.88 Å². The highest BCUT2D eigenvalue weighted by Crippen LogP contribution is 2.05. The summed E-state index contributed by atoms with van der Waals surface area (Å²) in [4.78, 5) is 14.3. The molecule has 0 aliphatic rings. The zero-order chi connectivity index (χ0) is 13.1. The average Bonchev–Trinajstić information content (AvgIpc) is 2.42. The Morgan fingerprint density at radius 2 is 1.83 bits per heavy atom. The van der Waals surface area contributed by atoms with Gasteiger partial charge in [0.05, 0.1) is 26.4 Å². The predicted molar refractivity (Wildman–Crippen MR) is 62.7 cm³/mol. The second-order valence-corrected chi connectivity index (χ2v) is 3.31. The highest BCUT2D eigenvalue weighted by atomic mass is 18.2. The first kappa shape index (κ1) is 14.5. The van der Waals surface area contributed by atoms with Gasteiger partial charge in [0, 0.05) is 17.8 Å². The van der Waals surface area contributed by atoms with Gasteiger partial charge in [-0.15, -0.1) is 0 Å². The predicted octanol–water partition coefficient (Wildman–Crippen LogP) is 1.28. The van der Waals surface area contributed by atoms with E-state index in [-0.39, 0.29) is 6.61 Å². The molecule has 0 radical (unpaired) electrons. The van der Waals surface area contributed by atoms with Gasteiger partial charge in [0.2, 0.25) is 5.88 Å². The van der Waals surface area contributed by atoms with E-state index < -0.39 is 6.67 Å². The van der Waals surface area contributed by atoms with Crippen molar-refractivity contribution < 1.29 is 23.4 Å². The summed E-state index contributed by atoms with van der Waals surface area (Å²) in [5.74, 6) is 0.442. The minimum Gasteiger partial charge on any atom is -0.475 e. The molecule has 0 atom stereocenters. The van der Waals surface area contributed by atoms with Gasteiger partial charge in [-0.2, -0.15) is 0 Å². The molecule has 0 saturated heterocycles. The second-order valence-electron chi connectivity index (χ2n) is 3.31. The summed E-state index contributed by atoms with van der Waals surface area (Å²) in [5, 5.41) is 0. The molecule has 0 unspecified atom stereocenters. The summed E-state index contributed by atoms with van der Waals surface area (Å²) >= 11 is 0. The number of hydrogen-bond donors (Lipinski definition) is 0. The third kappa shape index (κ3) is 6.27. The van der Waals surface area contributed by atoms with E-state index >= 15 is 0 Å². The Balaban J connectivity index is 2.01. The van der Waals surface area contributed by atoms with E-state index in [9.17, 15) is 9.18 Å². The van der Waals surface area contributed by atoms with Crippen LogP contribution in [0.2, 0.25) is 0 Å². The largest absolute Gasteiger partial charge is 0.475 e. The van der Waals surface area contributed by atoms with Gasteiger partial charge >= 0.3 is 0 Å². The van der Waals surface area contributed by atoms with Gasteiger partial charge < -0.3 is 14.2 Å². The van der Waals surface area contributed by atoms with Crippen molar-refractivity contribution in [3.8, 4) is 5.88 Å². The van der Waals surface area contributed by atoms with Gasteiger partial charge in [-0.1, -0.05) is 0 Å². The topological polar surface area (TPSA) is 57.7 Å². The maximum atomic E-state index is 11.7. The van der Waals surface area contributed by atoms with E-state index in [1.165, 1.54) is 6.20 Å². The lowest BCUT2D eigenvalue weighted by atomic mass is 10.3. The minimum atomic E-state index is -0.481. The molecular formula is C12H16FNO4. The Morgan fingerprint density at radius 1 is 1.11 bits per heavy atom. The number of carbonyl (C=O) groups is 1. The van der Waals surface area contributed by atoms with Gasteiger partial charge in [-0.05, 0) is 6.07 Å². The zero-order valence-electron chi connectivity index (χ0n) is 10.0. The summed E-state index contributed by atoms with van der Waals surface area (Å²) in [6.45, 7) is 1.15. The van der Waals surface area contributed by atoms with Crippen molar-refractivity contribution in [1.29, 1.82) is 0 Å². The fraction of sp³-hybridized carbons (Fsp3) is 0.500. The van der Waals surface area contributed by atoms with Crippen LogP contribution in [0, 0.1) is 0 Å². The van der Waals surface area contributed by atoms with Crippen molar-refractivity contribution in [2.24, 2.45) is 0 Å². The summed E-state index contributed by atoms with van der Waals surface area (Å²) in [5.41, 5.74) is 0.503. The Morgan fingerprint density at radius 3 is 2.44 bits per heavy atom. The standard InChI is InChI=1S/C12H16FNO4/c13-3-4-16-5-6-17-7-8-18-12-2-1-11(10-15)9-14-12/h1-2,9-10H,3-8H2/i13-1. The van der Waals surface area contributed by atoms with Crippen LogP contribution >= 0.6 is 0 Å².